The summed E-state index contributed by atoms with van der Waals surface area (Å²) in [5, 5.41) is 2.93. The van der Waals surface area contributed by atoms with Gasteiger partial charge in [-0.2, -0.15) is 8.42 Å². The molecular formula is C43H56N6O8S. The molecule has 0 unspecified atom stereocenters. The van der Waals surface area contributed by atoms with Gasteiger partial charge in [0, 0.05) is 44.7 Å². The third kappa shape index (κ3) is 8.45. The van der Waals surface area contributed by atoms with Crippen molar-refractivity contribution in [3.63, 3.8) is 0 Å². The van der Waals surface area contributed by atoms with Crippen LogP contribution in [0, 0.1) is 20.8 Å². The van der Waals surface area contributed by atoms with E-state index < -0.39 is 45.5 Å². The average Bonchev–Trinajstić information content (AvgIpc) is 3.68. The van der Waals surface area contributed by atoms with Crippen molar-refractivity contribution in [2.45, 2.75) is 103 Å². The maximum atomic E-state index is 14.7. The van der Waals surface area contributed by atoms with Crippen LogP contribution < -0.4 is 15.8 Å². The maximum Gasteiger partial charge on any atom is 0.410 e. The smallest absolute Gasteiger partial charge is 0.410 e. The summed E-state index contributed by atoms with van der Waals surface area (Å²) < 4.78 is 48.7. The Bertz CT molecular complexity index is 2200. The second kappa shape index (κ2) is 16.1. The quantitative estimate of drug-likeness (QED) is 0.149. The molecule has 1 fully saturated rings. The van der Waals surface area contributed by atoms with Crippen molar-refractivity contribution in [3.8, 4) is 16.9 Å². The van der Waals surface area contributed by atoms with Gasteiger partial charge in [-0.05, 0) is 107 Å². The van der Waals surface area contributed by atoms with Crippen molar-refractivity contribution in [2.24, 2.45) is 10.1 Å². The number of carbonyl (C=O) groups excluding carboxylic acids is 3. The van der Waals surface area contributed by atoms with Gasteiger partial charge in [-0.1, -0.05) is 48.5 Å². The van der Waals surface area contributed by atoms with Gasteiger partial charge in [0.15, 0.2) is 0 Å². The number of methoxy groups -OCH3 is 1. The van der Waals surface area contributed by atoms with E-state index in [0.717, 1.165) is 33.4 Å². The Kier molecular flexibility index (Phi) is 11.8. The molecule has 3 amide bonds. The van der Waals surface area contributed by atoms with Crippen LogP contribution in [0.5, 0.6) is 5.75 Å². The van der Waals surface area contributed by atoms with Crippen molar-refractivity contribution in [3.05, 3.63) is 81.9 Å². The molecule has 0 saturated carbocycles. The summed E-state index contributed by atoms with van der Waals surface area (Å²) >= 11 is 0. The summed E-state index contributed by atoms with van der Waals surface area (Å²) in [6, 6.07) is 14.0. The van der Waals surface area contributed by atoms with Gasteiger partial charge in [-0.3, -0.25) is 9.69 Å². The zero-order valence-corrected chi connectivity index (χ0v) is 35.8. The molecule has 3 N–H and O–H groups in total. The number of rotatable bonds is 9. The van der Waals surface area contributed by atoms with E-state index in [-0.39, 0.29) is 55.9 Å². The van der Waals surface area contributed by atoms with Crippen molar-refractivity contribution in [2.75, 3.05) is 39.8 Å². The number of benzene rings is 3. The first-order valence-electron chi connectivity index (χ1n) is 19.7. The predicted molar refractivity (Wildman–Crippen MR) is 221 cm³/mol. The second-order valence-electron chi connectivity index (χ2n) is 16.8. The minimum absolute atomic E-state index is 0.109. The van der Waals surface area contributed by atoms with Crippen LogP contribution in [0.2, 0.25) is 0 Å². The van der Waals surface area contributed by atoms with E-state index in [0.29, 0.717) is 29.7 Å². The molecule has 0 aromatic heterocycles. The number of fused-ring (bicyclic) bond motifs is 4. The summed E-state index contributed by atoms with van der Waals surface area (Å²) in [4.78, 5) is 46.4. The lowest BCUT2D eigenvalue weighted by Crippen LogP contribution is -2.57. The van der Waals surface area contributed by atoms with Crippen molar-refractivity contribution in [1.29, 1.82) is 0 Å². The molecule has 3 aromatic carbocycles. The first kappa shape index (κ1) is 42.3. The Labute approximate surface area is 341 Å². The molecule has 2 aliphatic heterocycles. The molecular weight excluding hydrogens is 761 g/mol. The molecule has 0 spiro atoms. The fraction of sp³-hybridized carbons (Fsp3) is 0.488. The maximum absolute atomic E-state index is 14.7. The lowest BCUT2D eigenvalue weighted by Gasteiger charge is -2.41. The monoisotopic (exact) mass is 816 g/mol. The number of nitrogens with two attached hydrogens (primary N) is 1. The summed E-state index contributed by atoms with van der Waals surface area (Å²) in [5.41, 5.74) is 11.5. The van der Waals surface area contributed by atoms with Crippen LogP contribution in [-0.2, 0) is 30.7 Å². The van der Waals surface area contributed by atoms with Gasteiger partial charge in [-0.25, -0.2) is 9.59 Å². The summed E-state index contributed by atoms with van der Waals surface area (Å²) in [6.07, 6.45) is -0.0856. The highest BCUT2D eigenvalue weighted by Crippen LogP contribution is 2.48. The predicted octanol–water partition coefficient (Wildman–Crippen LogP) is 5.98. The second-order valence-corrected chi connectivity index (χ2v) is 18.4. The van der Waals surface area contributed by atoms with Crippen molar-refractivity contribution >= 4 is 34.1 Å². The number of carbonyl (C=O) groups is 3. The lowest BCUT2D eigenvalue weighted by atomic mass is 9.94. The number of guanidine groups is 1. The van der Waals surface area contributed by atoms with Gasteiger partial charge in [0.2, 0.25) is 11.9 Å². The molecule has 14 nitrogen and oxygen atoms in total. The van der Waals surface area contributed by atoms with Gasteiger partial charge < -0.3 is 35.1 Å². The molecule has 312 valence electrons. The number of hydrogen-bond donors (Lipinski definition) is 2. The van der Waals surface area contributed by atoms with Crippen LogP contribution in [0.25, 0.3) is 11.1 Å². The fourth-order valence-corrected chi connectivity index (χ4v) is 9.79. The molecule has 0 radical (unpaired) electrons. The lowest BCUT2D eigenvalue weighted by molar-refractivity contribution is -0.139. The minimum Gasteiger partial charge on any atom is -0.487 e. The van der Waals surface area contributed by atoms with Gasteiger partial charge in [0.05, 0.1) is 18.0 Å². The number of piperazine rings is 1. The van der Waals surface area contributed by atoms with Crippen LogP contribution >= 0.6 is 0 Å². The number of ether oxygens (including phenoxy) is 3. The fourth-order valence-electron chi connectivity index (χ4n) is 8.33. The SMILES string of the molecule is COC(=O)N(C1c2ccccc2-c2ccccc21)[C@@H](CCCN/C(N)=N/S(=O)(=O)c1c(C)c(C)c2c(c1C)CC(C)(C)O2)C(=O)N1CCN(C(=O)OC(C)(C)C)CC1. The van der Waals surface area contributed by atoms with Crippen LogP contribution in [0.1, 0.15) is 86.9 Å². The van der Waals surface area contributed by atoms with Gasteiger partial charge in [-0.15, -0.1) is 4.40 Å². The third-order valence-electron chi connectivity index (χ3n) is 11.1. The first-order chi connectivity index (χ1) is 27.2. The number of nitrogens with zero attached hydrogens (tertiary/aromatic N) is 4. The van der Waals surface area contributed by atoms with Gasteiger partial charge in [0.1, 0.15) is 23.0 Å². The number of sulfonamides is 1. The standard InChI is InChI=1S/C43H56N6O8S/c1-26-27(2)37(28(3)33-25-43(7,8)56-36(26)33)58(53,54)46-39(44)45-20-14-19-34(38(50)47-21-23-48(24-22-47)40(51)57-42(4,5)6)49(41(52)55-9)35-31-17-12-10-15-29(31)30-16-11-13-18-32(30)35/h10-13,15-18,34-35H,14,19-25H2,1-9H3,(H3,44,45,46)/t34-/m0/s1. The minimum atomic E-state index is -4.22. The van der Waals surface area contributed by atoms with E-state index in [1.807, 2.05) is 69.3 Å². The highest BCUT2D eigenvalue weighted by molar-refractivity contribution is 7.90. The van der Waals surface area contributed by atoms with Crippen LogP contribution in [0.4, 0.5) is 9.59 Å². The van der Waals surface area contributed by atoms with E-state index in [9.17, 15) is 22.8 Å². The van der Waals surface area contributed by atoms with Gasteiger partial charge in [0.25, 0.3) is 10.0 Å². The molecule has 58 heavy (non-hydrogen) atoms. The van der Waals surface area contributed by atoms with Crippen LogP contribution in [0.3, 0.4) is 0 Å². The zero-order valence-electron chi connectivity index (χ0n) is 35.0. The Morgan fingerprint density at radius 3 is 2.09 bits per heavy atom. The van der Waals surface area contributed by atoms with Crippen LogP contribution in [-0.4, -0.2) is 104 Å². The molecule has 6 rings (SSSR count). The Hall–Kier alpha value is -5.31. The Morgan fingerprint density at radius 2 is 1.52 bits per heavy atom. The van der Waals surface area contributed by atoms with E-state index in [2.05, 4.69) is 9.71 Å². The van der Waals surface area contributed by atoms with Crippen molar-refractivity contribution in [1.82, 2.24) is 20.0 Å². The summed E-state index contributed by atoms with van der Waals surface area (Å²) in [6.45, 7) is 15.8. The molecule has 1 atom stereocenters. The highest BCUT2D eigenvalue weighted by Gasteiger charge is 2.44. The first-order valence-corrected chi connectivity index (χ1v) is 21.2. The number of nitrogens with one attached hydrogen (secondary N) is 1. The Morgan fingerprint density at radius 1 is 0.948 bits per heavy atom. The molecule has 0 bridgehead atoms. The molecule has 3 aromatic rings. The van der Waals surface area contributed by atoms with E-state index in [4.69, 9.17) is 19.9 Å². The summed E-state index contributed by atoms with van der Waals surface area (Å²) in [7, 11) is -2.93. The average molecular weight is 817 g/mol. The van der Waals surface area contributed by atoms with Crippen molar-refractivity contribution < 1.29 is 37.0 Å². The molecule has 1 saturated heterocycles. The van der Waals surface area contributed by atoms with E-state index in [1.165, 1.54) is 12.0 Å². The third-order valence-corrected chi connectivity index (χ3v) is 12.6. The largest absolute Gasteiger partial charge is 0.487 e. The molecule has 15 heteroatoms. The number of hydrogen-bond acceptors (Lipinski definition) is 8. The molecule has 1 aliphatic carbocycles. The summed E-state index contributed by atoms with van der Waals surface area (Å²) in [5.74, 6) is 0.122. The normalized spacial score (nSPS) is 16.8. The zero-order chi connectivity index (χ0) is 42.3. The Balaban J connectivity index is 1.25. The number of amides is 3. The highest BCUT2D eigenvalue weighted by atomic mass is 32.2. The van der Waals surface area contributed by atoms with E-state index >= 15 is 0 Å². The topological polar surface area (TPSA) is 173 Å². The molecule has 2 heterocycles. The molecule has 3 aliphatic rings. The van der Waals surface area contributed by atoms with Crippen LogP contribution in [0.15, 0.2) is 57.8 Å². The van der Waals surface area contributed by atoms with Gasteiger partial charge >= 0.3 is 12.2 Å². The van der Waals surface area contributed by atoms with E-state index in [1.54, 1.807) is 44.4 Å².